The predicted octanol–water partition coefficient (Wildman–Crippen LogP) is 4.38. The van der Waals surface area contributed by atoms with Crippen LogP contribution in [0.1, 0.15) is 43.3 Å². The van der Waals surface area contributed by atoms with E-state index in [4.69, 9.17) is 4.74 Å². The van der Waals surface area contributed by atoms with Gasteiger partial charge in [-0.1, -0.05) is 32.9 Å². The monoisotopic (exact) mass is 410 g/mol. The number of rotatable bonds is 6. The summed E-state index contributed by atoms with van der Waals surface area (Å²) in [6.45, 7) is 10.4. The maximum absolute atomic E-state index is 12.0. The molecule has 0 unspecified atom stereocenters. The zero-order chi connectivity index (χ0) is 21.0. The Morgan fingerprint density at radius 1 is 1.28 bits per heavy atom. The topological polar surface area (TPSA) is 68.5 Å². The molecule has 1 aromatic carbocycles. The minimum Gasteiger partial charge on any atom is -0.484 e. The van der Waals surface area contributed by atoms with E-state index in [9.17, 15) is 4.79 Å². The molecule has 0 aliphatic carbocycles. The molecule has 7 heteroatoms. The molecule has 152 valence electrons. The third-order valence-corrected chi connectivity index (χ3v) is 5.32. The maximum Gasteiger partial charge on any atom is 0.277 e. The molecule has 2 aromatic heterocycles. The number of hydrazone groups is 1. The molecule has 3 rings (SSSR count). The van der Waals surface area contributed by atoms with Crippen molar-refractivity contribution in [2.24, 2.45) is 5.10 Å². The number of aromatic nitrogens is 2. The lowest BCUT2D eigenvalue weighted by molar-refractivity contribution is -0.123. The summed E-state index contributed by atoms with van der Waals surface area (Å²) in [4.78, 5) is 16.4. The molecule has 6 nitrogen and oxygen atoms in total. The number of ether oxygens (including phenoxy) is 1. The highest BCUT2D eigenvalue weighted by Gasteiger charge is 2.13. The first-order valence-electron chi connectivity index (χ1n) is 9.40. The summed E-state index contributed by atoms with van der Waals surface area (Å²) in [5.74, 6) is 0.346. The Hall–Kier alpha value is -2.93. The standard InChI is InChI=1S/C22H26N4O2S/c1-15-12-17(16(2)26(15)21-23-10-11-29-21)13-24-25-20(27)14-28-19-8-6-18(7-9-19)22(3,4)5/h6-13H,14H2,1-5H3,(H,25,27)/b24-13-. The summed E-state index contributed by atoms with van der Waals surface area (Å²) in [5, 5.41) is 6.92. The molecule has 0 radical (unpaired) electrons. The van der Waals surface area contributed by atoms with Crippen LogP contribution in [0.15, 0.2) is 47.0 Å². The Balaban J connectivity index is 1.55. The van der Waals surface area contributed by atoms with Crippen LogP contribution in [0, 0.1) is 13.8 Å². The Morgan fingerprint density at radius 2 is 2.00 bits per heavy atom. The molecule has 2 heterocycles. The maximum atomic E-state index is 12.0. The average Bonchev–Trinajstić information content (AvgIpc) is 3.28. The predicted molar refractivity (Wildman–Crippen MR) is 117 cm³/mol. The van der Waals surface area contributed by atoms with Crippen LogP contribution in [0.2, 0.25) is 0 Å². The van der Waals surface area contributed by atoms with Crippen molar-refractivity contribution in [1.29, 1.82) is 0 Å². The van der Waals surface area contributed by atoms with Gasteiger partial charge in [0.15, 0.2) is 11.7 Å². The highest BCUT2D eigenvalue weighted by Crippen LogP contribution is 2.24. The van der Waals surface area contributed by atoms with E-state index in [2.05, 4.69) is 40.8 Å². The van der Waals surface area contributed by atoms with E-state index in [-0.39, 0.29) is 17.9 Å². The van der Waals surface area contributed by atoms with Crippen LogP contribution in [0.25, 0.3) is 5.13 Å². The van der Waals surface area contributed by atoms with Crippen LogP contribution in [-0.2, 0) is 10.2 Å². The van der Waals surface area contributed by atoms with E-state index in [1.807, 2.05) is 49.6 Å². The normalized spacial score (nSPS) is 11.8. The first-order chi connectivity index (χ1) is 13.8. The van der Waals surface area contributed by atoms with Gasteiger partial charge in [-0.2, -0.15) is 5.10 Å². The Bertz CT molecular complexity index is 997. The summed E-state index contributed by atoms with van der Waals surface area (Å²) >= 11 is 1.57. The smallest absolute Gasteiger partial charge is 0.277 e. The van der Waals surface area contributed by atoms with E-state index >= 15 is 0 Å². The lowest BCUT2D eigenvalue weighted by atomic mass is 9.87. The SMILES string of the molecule is Cc1cc(/C=N\NC(=O)COc2ccc(C(C)(C)C)cc2)c(C)n1-c1nccs1. The summed E-state index contributed by atoms with van der Waals surface area (Å²) in [5.41, 5.74) is 6.82. The molecular weight excluding hydrogens is 384 g/mol. The fourth-order valence-corrected chi connectivity index (χ4v) is 3.70. The summed E-state index contributed by atoms with van der Waals surface area (Å²) in [6.07, 6.45) is 3.42. The van der Waals surface area contributed by atoms with Crippen molar-refractivity contribution in [3.8, 4) is 10.9 Å². The molecule has 0 bridgehead atoms. The van der Waals surface area contributed by atoms with Gasteiger partial charge in [-0.15, -0.1) is 11.3 Å². The van der Waals surface area contributed by atoms with Gasteiger partial charge in [-0.05, 0) is 43.0 Å². The van der Waals surface area contributed by atoms with Gasteiger partial charge in [0.25, 0.3) is 5.91 Å². The van der Waals surface area contributed by atoms with Crippen LogP contribution in [0.3, 0.4) is 0 Å². The van der Waals surface area contributed by atoms with Crippen LogP contribution >= 0.6 is 11.3 Å². The third-order valence-electron chi connectivity index (χ3n) is 4.56. The van der Waals surface area contributed by atoms with Gasteiger partial charge in [0, 0.05) is 28.5 Å². The van der Waals surface area contributed by atoms with Crippen LogP contribution in [0.4, 0.5) is 0 Å². The molecular formula is C22H26N4O2S. The van der Waals surface area contributed by atoms with Gasteiger partial charge >= 0.3 is 0 Å². The third kappa shape index (κ3) is 5.12. The van der Waals surface area contributed by atoms with Crippen molar-refractivity contribution < 1.29 is 9.53 Å². The highest BCUT2D eigenvalue weighted by molar-refractivity contribution is 7.12. The van der Waals surface area contributed by atoms with Crippen molar-refractivity contribution >= 4 is 23.5 Å². The van der Waals surface area contributed by atoms with E-state index in [1.165, 1.54) is 5.56 Å². The molecule has 1 N–H and O–H groups in total. The average molecular weight is 411 g/mol. The number of nitrogens with one attached hydrogen (secondary N) is 1. The van der Waals surface area contributed by atoms with E-state index in [1.54, 1.807) is 23.7 Å². The minimum absolute atomic E-state index is 0.0830. The molecule has 0 fully saturated rings. The fraction of sp³-hybridized carbons (Fsp3) is 0.318. The second-order valence-corrected chi connectivity index (χ2v) is 8.71. The Morgan fingerprint density at radius 3 is 2.62 bits per heavy atom. The Labute approximate surface area is 175 Å². The van der Waals surface area contributed by atoms with Crippen molar-refractivity contribution in [2.75, 3.05) is 6.61 Å². The zero-order valence-electron chi connectivity index (χ0n) is 17.4. The number of benzene rings is 1. The van der Waals surface area contributed by atoms with Gasteiger partial charge in [0.2, 0.25) is 0 Å². The lowest BCUT2D eigenvalue weighted by Crippen LogP contribution is -2.24. The van der Waals surface area contributed by atoms with Crippen molar-refractivity contribution in [3.05, 3.63) is 64.4 Å². The summed E-state index contributed by atoms with van der Waals surface area (Å²) < 4.78 is 7.60. The number of thiazole rings is 1. The largest absolute Gasteiger partial charge is 0.484 e. The number of hydrogen-bond donors (Lipinski definition) is 1. The van der Waals surface area contributed by atoms with Crippen molar-refractivity contribution in [1.82, 2.24) is 15.0 Å². The van der Waals surface area contributed by atoms with Gasteiger partial charge < -0.3 is 4.74 Å². The van der Waals surface area contributed by atoms with Crippen LogP contribution < -0.4 is 10.2 Å². The number of amides is 1. The van der Waals surface area contributed by atoms with Gasteiger partial charge in [0.05, 0.1) is 6.21 Å². The van der Waals surface area contributed by atoms with Crippen molar-refractivity contribution in [3.63, 3.8) is 0 Å². The van der Waals surface area contributed by atoms with Crippen LogP contribution in [-0.4, -0.2) is 28.3 Å². The van der Waals surface area contributed by atoms with Crippen molar-refractivity contribution in [2.45, 2.75) is 40.0 Å². The van der Waals surface area contributed by atoms with Gasteiger partial charge in [-0.3, -0.25) is 9.36 Å². The molecule has 0 aliphatic heterocycles. The molecule has 3 aromatic rings. The first-order valence-corrected chi connectivity index (χ1v) is 10.3. The number of aryl methyl sites for hydroxylation is 1. The van der Waals surface area contributed by atoms with Gasteiger partial charge in [-0.25, -0.2) is 10.4 Å². The molecule has 1 amide bonds. The lowest BCUT2D eigenvalue weighted by Gasteiger charge is -2.19. The minimum atomic E-state index is -0.310. The van der Waals surface area contributed by atoms with E-state index in [0.717, 1.165) is 22.1 Å². The summed E-state index contributed by atoms with van der Waals surface area (Å²) in [6, 6.07) is 9.81. The number of hydrogen-bond acceptors (Lipinski definition) is 5. The molecule has 0 atom stereocenters. The van der Waals surface area contributed by atoms with Crippen LogP contribution in [0.5, 0.6) is 5.75 Å². The first kappa shape index (κ1) is 20.8. The quantitative estimate of drug-likeness (QED) is 0.484. The molecule has 0 aliphatic rings. The van der Waals surface area contributed by atoms with Gasteiger partial charge in [0.1, 0.15) is 5.75 Å². The number of nitrogens with zero attached hydrogens (tertiary/aromatic N) is 3. The molecule has 0 spiro atoms. The zero-order valence-corrected chi connectivity index (χ0v) is 18.2. The van der Waals surface area contributed by atoms with E-state index in [0.29, 0.717) is 5.75 Å². The number of carbonyl (C=O) groups excluding carboxylic acids is 1. The number of carbonyl (C=O) groups is 1. The Kier molecular flexibility index (Phi) is 6.17. The molecule has 0 saturated heterocycles. The van der Waals surface area contributed by atoms with E-state index < -0.39 is 0 Å². The molecule has 0 saturated carbocycles. The second-order valence-electron chi connectivity index (χ2n) is 7.83. The molecule has 29 heavy (non-hydrogen) atoms. The highest BCUT2D eigenvalue weighted by atomic mass is 32.1. The fourth-order valence-electron chi connectivity index (χ4n) is 2.95. The second kappa shape index (κ2) is 8.61. The summed E-state index contributed by atoms with van der Waals surface area (Å²) in [7, 11) is 0.